The molecule has 3 heterocycles. The number of aromatic nitrogens is 4. The molecule has 3 N–H and O–H groups in total. The fourth-order valence-corrected chi connectivity index (χ4v) is 4.80. The Morgan fingerprint density at radius 2 is 2.03 bits per heavy atom. The number of ether oxygens (including phenoxy) is 1. The van der Waals surface area contributed by atoms with Crippen molar-refractivity contribution < 1.29 is 19.0 Å². The summed E-state index contributed by atoms with van der Waals surface area (Å²) in [5, 5.41) is 20.8. The van der Waals surface area contributed by atoms with Gasteiger partial charge < -0.3 is 25.4 Å². The first-order chi connectivity index (χ1) is 17.4. The van der Waals surface area contributed by atoms with Crippen molar-refractivity contribution in [2.45, 2.75) is 32.5 Å². The van der Waals surface area contributed by atoms with E-state index in [1.165, 1.54) is 17.9 Å². The molecule has 2 aromatic carbocycles. The fraction of sp³-hybridized carbons (Fsp3) is 0.360. The predicted molar refractivity (Wildman–Crippen MR) is 135 cm³/mol. The molecule has 0 aliphatic carbocycles. The number of rotatable bonds is 6. The quantitative estimate of drug-likeness (QED) is 0.375. The van der Waals surface area contributed by atoms with Gasteiger partial charge in [0.15, 0.2) is 5.82 Å². The van der Waals surface area contributed by atoms with Crippen LogP contribution in [0.25, 0.3) is 21.8 Å². The molecule has 10 nitrogen and oxygen atoms in total. The second-order valence-electron chi connectivity index (χ2n) is 9.09. The van der Waals surface area contributed by atoms with Gasteiger partial charge in [-0.2, -0.15) is 10.1 Å². The fourth-order valence-electron chi connectivity index (χ4n) is 4.80. The second kappa shape index (κ2) is 9.67. The minimum atomic E-state index is -0.564. The summed E-state index contributed by atoms with van der Waals surface area (Å²) < 4.78 is 21.4. The summed E-state index contributed by atoms with van der Waals surface area (Å²) in [6, 6.07) is 7.26. The smallest absolute Gasteiger partial charge is 0.316 e. The summed E-state index contributed by atoms with van der Waals surface area (Å²) in [5.41, 5.74) is 2.17. The Hall–Kier alpha value is -3.83. The number of halogens is 1. The molecule has 5 rings (SSSR count). The van der Waals surface area contributed by atoms with E-state index in [4.69, 9.17) is 9.84 Å². The minimum absolute atomic E-state index is 0.112. The van der Waals surface area contributed by atoms with E-state index in [9.17, 15) is 9.18 Å². The Balaban J connectivity index is 1.51. The molecule has 11 heteroatoms. The number of hydrogen-bond acceptors (Lipinski definition) is 8. The molecular formula is C25H28FN7O3. The van der Waals surface area contributed by atoms with Crippen LogP contribution in [0, 0.1) is 5.82 Å². The SMILES string of the molecule is COc1ncc2c(N3CC(C)NC(C)C3)ccc(C(=O)Nc3cc(F)c4nn(CCO)cc4c3)c2n1. The molecule has 0 bridgehead atoms. The minimum Gasteiger partial charge on any atom is -0.467 e. The standard InChI is InChI=1S/C25H28FN7O3/c1-14-11-32(12-15(2)28-14)21-5-4-18(23-19(21)10-27-25(30-23)36-3)24(35)29-17-8-16-13-33(6-7-34)31-22(16)20(26)9-17/h4-5,8-10,13-15,28,34H,6-7,11-12H2,1-3H3,(H,29,35). The number of piperazine rings is 1. The molecular weight excluding hydrogens is 465 g/mol. The molecule has 188 valence electrons. The number of nitrogens with zero attached hydrogens (tertiary/aromatic N) is 5. The molecule has 0 radical (unpaired) electrons. The molecule has 1 saturated heterocycles. The lowest BCUT2D eigenvalue weighted by molar-refractivity contribution is 0.102. The lowest BCUT2D eigenvalue weighted by atomic mass is 10.0. The molecule has 1 amide bonds. The van der Waals surface area contributed by atoms with Crippen LogP contribution in [0.1, 0.15) is 24.2 Å². The Morgan fingerprint density at radius 1 is 1.25 bits per heavy atom. The van der Waals surface area contributed by atoms with Crippen LogP contribution in [0.4, 0.5) is 15.8 Å². The summed E-state index contributed by atoms with van der Waals surface area (Å²) >= 11 is 0. The van der Waals surface area contributed by atoms with E-state index >= 15 is 0 Å². The number of carbonyl (C=O) groups excluding carboxylic acids is 1. The van der Waals surface area contributed by atoms with Crippen molar-refractivity contribution in [3.8, 4) is 6.01 Å². The molecule has 1 aliphatic heterocycles. The topological polar surface area (TPSA) is 117 Å². The van der Waals surface area contributed by atoms with Crippen LogP contribution in [-0.2, 0) is 6.54 Å². The van der Waals surface area contributed by atoms with Crippen LogP contribution in [-0.4, -0.2) is 69.7 Å². The zero-order chi connectivity index (χ0) is 25.4. The number of nitrogens with one attached hydrogen (secondary N) is 2. The van der Waals surface area contributed by atoms with Crippen molar-refractivity contribution in [1.82, 2.24) is 25.1 Å². The van der Waals surface area contributed by atoms with Gasteiger partial charge in [0.1, 0.15) is 5.52 Å². The number of anilines is 2. The third-order valence-corrected chi connectivity index (χ3v) is 6.23. The van der Waals surface area contributed by atoms with Crippen molar-refractivity contribution in [2.75, 3.05) is 37.0 Å². The monoisotopic (exact) mass is 493 g/mol. The number of fused-ring (bicyclic) bond motifs is 2. The summed E-state index contributed by atoms with van der Waals surface area (Å²) in [6.07, 6.45) is 3.30. The highest BCUT2D eigenvalue weighted by Crippen LogP contribution is 2.31. The summed E-state index contributed by atoms with van der Waals surface area (Å²) in [7, 11) is 1.47. The molecule has 2 unspecified atom stereocenters. The van der Waals surface area contributed by atoms with Gasteiger partial charge in [-0.1, -0.05) is 0 Å². The molecule has 36 heavy (non-hydrogen) atoms. The first-order valence-corrected chi connectivity index (χ1v) is 11.8. The second-order valence-corrected chi connectivity index (χ2v) is 9.09. The van der Waals surface area contributed by atoms with Gasteiger partial charge in [-0.25, -0.2) is 9.37 Å². The largest absolute Gasteiger partial charge is 0.467 e. The number of aliphatic hydroxyl groups excluding tert-OH is 1. The molecule has 0 saturated carbocycles. The van der Waals surface area contributed by atoms with E-state index in [0.717, 1.165) is 24.2 Å². The lowest BCUT2D eigenvalue weighted by Crippen LogP contribution is -2.54. The zero-order valence-corrected chi connectivity index (χ0v) is 20.3. The Kier molecular flexibility index (Phi) is 6.42. The molecule has 4 aromatic rings. The highest BCUT2D eigenvalue weighted by atomic mass is 19.1. The van der Waals surface area contributed by atoms with Gasteiger partial charge in [-0.15, -0.1) is 0 Å². The van der Waals surface area contributed by atoms with Gasteiger partial charge >= 0.3 is 6.01 Å². The van der Waals surface area contributed by atoms with Gasteiger partial charge in [-0.05, 0) is 38.1 Å². The van der Waals surface area contributed by atoms with Gasteiger partial charge in [0.05, 0.1) is 31.3 Å². The van der Waals surface area contributed by atoms with Crippen molar-refractivity contribution in [2.24, 2.45) is 0 Å². The molecule has 1 fully saturated rings. The normalized spacial score (nSPS) is 18.1. The van der Waals surface area contributed by atoms with Crippen molar-refractivity contribution in [3.63, 3.8) is 0 Å². The van der Waals surface area contributed by atoms with Crippen LogP contribution in [0.15, 0.2) is 36.7 Å². The highest BCUT2D eigenvalue weighted by molar-refractivity contribution is 6.14. The average molecular weight is 494 g/mol. The van der Waals surface area contributed by atoms with Gasteiger partial charge in [0, 0.05) is 59.7 Å². The van der Waals surface area contributed by atoms with E-state index in [0.29, 0.717) is 28.6 Å². The van der Waals surface area contributed by atoms with Crippen molar-refractivity contribution >= 4 is 39.1 Å². The average Bonchev–Trinajstić information content (AvgIpc) is 3.25. The molecule has 2 aromatic heterocycles. The number of carbonyl (C=O) groups is 1. The first kappa shape index (κ1) is 23.9. The number of benzene rings is 2. The highest BCUT2D eigenvalue weighted by Gasteiger charge is 2.25. The maximum atomic E-state index is 14.7. The number of aliphatic hydroxyl groups is 1. The van der Waals surface area contributed by atoms with Gasteiger partial charge in [-0.3, -0.25) is 9.48 Å². The first-order valence-electron chi connectivity index (χ1n) is 11.8. The molecule has 2 atom stereocenters. The molecule has 0 spiro atoms. The Morgan fingerprint density at radius 3 is 2.75 bits per heavy atom. The lowest BCUT2D eigenvalue weighted by Gasteiger charge is -2.38. The van der Waals surface area contributed by atoms with Crippen LogP contribution >= 0.6 is 0 Å². The van der Waals surface area contributed by atoms with Gasteiger partial charge in [0.25, 0.3) is 5.91 Å². The third kappa shape index (κ3) is 4.54. The number of amides is 1. The zero-order valence-electron chi connectivity index (χ0n) is 20.3. The van der Waals surface area contributed by atoms with Crippen LogP contribution < -0.4 is 20.3 Å². The van der Waals surface area contributed by atoms with E-state index in [1.54, 1.807) is 24.5 Å². The maximum Gasteiger partial charge on any atom is 0.316 e. The van der Waals surface area contributed by atoms with Crippen molar-refractivity contribution in [3.05, 3.63) is 48.0 Å². The number of methoxy groups -OCH3 is 1. The van der Waals surface area contributed by atoms with E-state index in [2.05, 4.69) is 44.4 Å². The predicted octanol–water partition coefficient (Wildman–Crippen LogP) is 2.56. The van der Waals surface area contributed by atoms with E-state index < -0.39 is 11.7 Å². The maximum absolute atomic E-state index is 14.7. The summed E-state index contributed by atoms with van der Waals surface area (Å²) in [4.78, 5) is 24.4. The van der Waals surface area contributed by atoms with Crippen LogP contribution in [0.5, 0.6) is 6.01 Å². The van der Waals surface area contributed by atoms with Gasteiger partial charge in [0.2, 0.25) is 0 Å². The number of hydrogen-bond donors (Lipinski definition) is 3. The third-order valence-electron chi connectivity index (χ3n) is 6.23. The summed E-state index contributed by atoms with van der Waals surface area (Å²) in [6.45, 7) is 6.02. The Bertz CT molecular complexity index is 1430. The van der Waals surface area contributed by atoms with Crippen LogP contribution in [0.2, 0.25) is 0 Å². The van der Waals surface area contributed by atoms with Crippen molar-refractivity contribution in [1.29, 1.82) is 0 Å². The van der Waals surface area contributed by atoms with E-state index in [1.807, 2.05) is 6.07 Å². The molecule has 1 aliphatic rings. The van der Waals surface area contributed by atoms with Crippen LogP contribution in [0.3, 0.4) is 0 Å². The van der Waals surface area contributed by atoms with E-state index in [-0.39, 0.29) is 30.4 Å². The summed E-state index contributed by atoms with van der Waals surface area (Å²) in [5.74, 6) is -0.999. The Labute approximate surface area is 207 Å².